The van der Waals surface area contributed by atoms with Crippen molar-refractivity contribution < 1.29 is 13.2 Å². The van der Waals surface area contributed by atoms with E-state index >= 15 is 0 Å². The number of anilines is 2. The lowest BCUT2D eigenvalue weighted by molar-refractivity contribution is -0.122. The number of alkyl halides is 3. The molecule has 0 saturated carbocycles. The number of nitrogen functional groups attached to an aromatic ring is 1. The van der Waals surface area contributed by atoms with Crippen LogP contribution in [0.5, 0.6) is 0 Å². The summed E-state index contributed by atoms with van der Waals surface area (Å²) in [7, 11) is 0. The van der Waals surface area contributed by atoms with Crippen LogP contribution in [-0.4, -0.2) is 48.0 Å². The molecule has 0 bridgehead atoms. The molecule has 0 spiro atoms. The van der Waals surface area contributed by atoms with Crippen molar-refractivity contribution in [3.8, 4) is 11.3 Å². The van der Waals surface area contributed by atoms with E-state index in [1.165, 1.54) is 6.20 Å². The molecule has 3 rings (SSSR count). The predicted molar refractivity (Wildman–Crippen MR) is 112 cm³/mol. The summed E-state index contributed by atoms with van der Waals surface area (Å²) < 4.78 is 37.4. The summed E-state index contributed by atoms with van der Waals surface area (Å²) in [6.07, 6.45) is 0.959. The van der Waals surface area contributed by atoms with Crippen molar-refractivity contribution in [1.82, 2.24) is 15.3 Å². The molecular formula is C20H24F3N7. The number of hydrogen-bond donors (Lipinski definition) is 4. The molecule has 0 aliphatic carbocycles. The van der Waals surface area contributed by atoms with Gasteiger partial charge in [-0.25, -0.2) is 9.97 Å². The fourth-order valence-electron chi connectivity index (χ4n) is 3.17. The average Bonchev–Trinajstić information content (AvgIpc) is 2.71. The van der Waals surface area contributed by atoms with Crippen LogP contribution >= 0.6 is 0 Å². The molecule has 6 N–H and O–H groups in total. The first kappa shape index (κ1) is 21.6. The highest BCUT2D eigenvalue weighted by Gasteiger charge is 2.26. The van der Waals surface area contributed by atoms with Crippen LogP contribution in [0.15, 0.2) is 36.7 Å². The Hall–Kier alpha value is -3.14. The van der Waals surface area contributed by atoms with Gasteiger partial charge in [0, 0.05) is 60.1 Å². The van der Waals surface area contributed by atoms with Crippen LogP contribution in [0.4, 0.5) is 24.8 Å². The van der Waals surface area contributed by atoms with Gasteiger partial charge in [0.05, 0.1) is 5.69 Å². The summed E-state index contributed by atoms with van der Waals surface area (Å²) >= 11 is 0. The molecule has 0 unspecified atom stereocenters. The van der Waals surface area contributed by atoms with Crippen molar-refractivity contribution in [3.63, 3.8) is 0 Å². The van der Waals surface area contributed by atoms with E-state index in [2.05, 4.69) is 15.3 Å². The molecule has 1 aromatic heterocycles. The Labute approximate surface area is 172 Å². The largest absolute Gasteiger partial charge is 0.405 e. The van der Waals surface area contributed by atoms with Gasteiger partial charge in [0.2, 0.25) is 5.95 Å². The van der Waals surface area contributed by atoms with E-state index < -0.39 is 12.7 Å². The summed E-state index contributed by atoms with van der Waals surface area (Å²) in [5.74, 6) is 0.519. The Bertz CT molecular complexity index is 902. The summed E-state index contributed by atoms with van der Waals surface area (Å²) in [6.45, 7) is 0.249. The lowest BCUT2D eigenvalue weighted by Gasteiger charge is -2.30. The number of benzene rings is 1. The smallest absolute Gasteiger partial charge is 0.399 e. The summed E-state index contributed by atoms with van der Waals surface area (Å²) in [6, 6.07) is 7.15. The van der Waals surface area contributed by atoms with E-state index in [0.29, 0.717) is 22.9 Å². The second-order valence-electron chi connectivity index (χ2n) is 7.12. The Morgan fingerprint density at radius 1 is 1.23 bits per heavy atom. The van der Waals surface area contributed by atoms with Crippen molar-refractivity contribution in [2.75, 3.05) is 30.3 Å². The number of halogens is 3. The van der Waals surface area contributed by atoms with Crippen LogP contribution in [0.3, 0.4) is 0 Å². The van der Waals surface area contributed by atoms with Crippen molar-refractivity contribution in [2.45, 2.75) is 25.1 Å². The van der Waals surface area contributed by atoms with E-state index in [4.69, 9.17) is 16.9 Å². The lowest BCUT2D eigenvalue weighted by Crippen LogP contribution is -2.40. The normalized spacial score (nSPS) is 15.9. The second-order valence-corrected chi connectivity index (χ2v) is 7.12. The van der Waals surface area contributed by atoms with E-state index in [9.17, 15) is 13.2 Å². The topological polar surface area (TPSA) is 117 Å². The van der Waals surface area contributed by atoms with Gasteiger partial charge in [0.25, 0.3) is 0 Å². The lowest BCUT2D eigenvalue weighted by atomic mass is 10.0. The van der Waals surface area contributed by atoms with E-state index in [1.54, 1.807) is 24.3 Å². The third-order valence-corrected chi connectivity index (χ3v) is 4.81. The van der Waals surface area contributed by atoms with Crippen molar-refractivity contribution in [3.05, 3.63) is 42.2 Å². The SMILES string of the molecule is N=C/C(=C\NCC(F)(F)F)c1cnc(N2CCC(N)CC2)nc1-c1ccc(N)cc1. The third kappa shape index (κ3) is 5.47. The summed E-state index contributed by atoms with van der Waals surface area (Å²) in [5.41, 5.74) is 14.2. The number of hydrogen-bond acceptors (Lipinski definition) is 7. The molecule has 2 heterocycles. The molecule has 7 nitrogen and oxygen atoms in total. The van der Waals surface area contributed by atoms with Crippen LogP contribution in [0.2, 0.25) is 0 Å². The number of rotatable bonds is 6. The molecule has 1 aliphatic heterocycles. The van der Waals surface area contributed by atoms with Crippen molar-refractivity contribution in [2.24, 2.45) is 5.73 Å². The maximum atomic E-state index is 12.5. The summed E-state index contributed by atoms with van der Waals surface area (Å²) in [4.78, 5) is 11.1. The van der Waals surface area contributed by atoms with Crippen LogP contribution in [0.25, 0.3) is 16.8 Å². The maximum Gasteiger partial charge on any atom is 0.405 e. The zero-order valence-corrected chi connectivity index (χ0v) is 16.3. The van der Waals surface area contributed by atoms with Gasteiger partial charge in [0.1, 0.15) is 6.54 Å². The average molecular weight is 419 g/mol. The van der Waals surface area contributed by atoms with Crippen molar-refractivity contribution >= 4 is 23.4 Å². The Morgan fingerprint density at radius 3 is 2.50 bits per heavy atom. The number of nitrogens with two attached hydrogens (primary N) is 2. The van der Waals surface area contributed by atoms with Gasteiger partial charge >= 0.3 is 6.18 Å². The molecule has 30 heavy (non-hydrogen) atoms. The van der Waals surface area contributed by atoms with E-state index in [0.717, 1.165) is 43.9 Å². The minimum atomic E-state index is -4.36. The quantitative estimate of drug-likeness (QED) is 0.423. The van der Waals surface area contributed by atoms with Gasteiger partial charge in [0.15, 0.2) is 0 Å². The number of allylic oxidation sites excluding steroid dienone is 1. The fraction of sp³-hybridized carbons (Fsp3) is 0.350. The van der Waals surface area contributed by atoms with Crippen molar-refractivity contribution in [1.29, 1.82) is 5.41 Å². The molecule has 1 fully saturated rings. The fourth-order valence-corrected chi connectivity index (χ4v) is 3.17. The van der Waals surface area contributed by atoms with Gasteiger partial charge in [-0.1, -0.05) is 12.1 Å². The number of nitrogens with one attached hydrogen (secondary N) is 2. The van der Waals surface area contributed by atoms with Gasteiger partial charge in [-0.15, -0.1) is 0 Å². The highest BCUT2D eigenvalue weighted by atomic mass is 19.4. The first-order valence-corrected chi connectivity index (χ1v) is 9.51. The molecule has 2 aromatic rings. The van der Waals surface area contributed by atoms with Gasteiger partial charge < -0.3 is 27.1 Å². The second kappa shape index (κ2) is 9.12. The van der Waals surface area contributed by atoms with Gasteiger partial charge in [-0.3, -0.25) is 0 Å². The van der Waals surface area contributed by atoms with Crippen LogP contribution in [-0.2, 0) is 0 Å². The first-order chi connectivity index (χ1) is 14.3. The number of aromatic nitrogens is 2. The molecule has 1 aliphatic rings. The van der Waals surface area contributed by atoms with Crippen LogP contribution < -0.4 is 21.7 Å². The summed E-state index contributed by atoms with van der Waals surface area (Å²) in [5, 5.41) is 9.89. The minimum Gasteiger partial charge on any atom is -0.399 e. The first-order valence-electron chi connectivity index (χ1n) is 9.51. The van der Waals surface area contributed by atoms with Crippen LogP contribution in [0, 0.1) is 5.41 Å². The molecule has 10 heteroatoms. The Morgan fingerprint density at radius 2 is 1.90 bits per heavy atom. The number of piperidine rings is 1. The van der Waals surface area contributed by atoms with E-state index in [-0.39, 0.29) is 11.6 Å². The Balaban J connectivity index is 1.99. The molecule has 0 radical (unpaired) electrons. The molecular weight excluding hydrogens is 395 g/mol. The zero-order valence-electron chi connectivity index (χ0n) is 16.3. The highest BCUT2D eigenvalue weighted by Crippen LogP contribution is 2.29. The third-order valence-electron chi connectivity index (χ3n) is 4.81. The van der Waals surface area contributed by atoms with Gasteiger partial charge in [-0.2, -0.15) is 13.2 Å². The molecule has 1 aromatic carbocycles. The minimum absolute atomic E-state index is 0.157. The highest BCUT2D eigenvalue weighted by molar-refractivity contribution is 6.10. The maximum absolute atomic E-state index is 12.5. The number of nitrogens with zero attached hydrogens (tertiary/aromatic N) is 3. The molecule has 160 valence electrons. The molecule has 1 saturated heterocycles. The van der Waals surface area contributed by atoms with Gasteiger partial charge in [-0.05, 0) is 25.0 Å². The molecule has 0 atom stereocenters. The zero-order chi connectivity index (χ0) is 21.7. The Kier molecular flexibility index (Phi) is 6.56. The van der Waals surface area contributed by atoms with E-state index in [1.807, 2.05) is 4.90 Å². The molecule has 0 amide bonds. The van der Waals surface area contributed by atoms with Crippen LogP contribution in [0.1, 0.15) is 18.4 Å². The monoisotopic (exact) mass is 419 g/mol. The predicted octanol–water partition coefficient (Wildman–Crippen LogP) is 2.80. The standard InChI is InChI=1S/C20H24F3N7/c21-20(22,23)12-27-10-14(9-24)17-11-28-19(30-7-5-16(26)6-8-30)29-18(17)13-1-3-15(25)4-2-13/h1-4,9-11,16,24,27H,5-8,12,25-26H2/b14-10+,24-9?.